The van der Waals surface area contributed by atoms with Gasteiger partial charge >= 0.3 is 59.1 Å². The molecule has 0 aromatic rings. The molecule has 0 atom stereocenters. The van der Waals surface area contributed by atoms with Crippen molar-refractivity contribution < 1.29 is 74.9 Å². The Hall–Kier alpha value is 1.65. The summed E-state index contributed by atoms with van der Waals surface area (Å²) >= 11 is 0. The number of allylic oxidation sites excluding steroid dienone is 1. The fraction of sp³-hybridized carbons (Fsp3) is 0.833. The zero-order chi connectivity index (χ0) is 12.3. The van der Waals surface area contributed by atoms with Gasteiger partial charge in [-0.15, -0.1) is 0 Å². The van der Waals surface area contributed by atoms with E-state index in [0.29, 0.717) is 0 Å². The van der Waals surface area contributed by atoms with Gasteiger partial charge in [0.25, 0.3) is 10.1 Å². The third-order valence-corrected chi connectivity index (χ3v) is 3.03. The van der Waals surface area contributed by atoms with Crippen molar-refractivity contribution in [3.8, 4) is 0 Å². The van der Waals surface area contributed by atoms with E-state index in [0.717, 1.165) is 24.7 Å². The van der Waals surface area contributed by atoms with Crippen molar-refractivity contribution in [1.82, 2.24) is 0 Å². The Labute approximate surface area is 159 Å². The van der Waals surface area contributed by atoms with Crippen LogP contribution in [0, 0.1) is 0 Å². The molecule has 0 fully saturated rings. The molecule has 100 valence electrons. The van der Waals surface area contributed by atoms with Gasteiger partial charge in [-0.3, -0.25) is 4.55 Å². The summed E-state index contributed by atoms with van der Waals surface area (Å²) < 4.78 is 29.1. The first-order valence-corrected chi connectivity index (χ1v) is 7.70. The minimum Gasteiger partial charge on any atom is -1.00 e. The number of hydrogen-bond donors (Lipinski definition) is 1. The molecular weight excluding hydrogens is 270 g/mol. The molecule has 0 saturated heterocycles. The maximum Gasteiger partial charge on any atom is 1.00 e. The van der Waals surface area contributed by atoms with Gasteiger partial charge in [0.05, 0.1) is 5.41 Å². The van der Waals surface area contributed by atoms with Gasteiger partial charge in [-0.05, 0) is 12.8 Å². The molecule has 0 rings (SSSR count). The molecule has 0 bridgehead atoms. The van der Waals surface area contributed by atoms with E-state index >= 15 is 0 Å². The molecule has 0 aliphatic rings. The smallest absolute Gasteiger partial charge is 1.00 e. The van der Waals surface area contributed by atoms with E-state index in [-0.39, 0.29) is 62.0 Å². The minimum atomic E-state index is -3.91. The van der Waals surface area contributed by atoms with Crippen molar-refractivity contribution in [3.05, 3.63) is 11.5 Å². The van der Waals surface area contributed by atoms with E-state index in [2.05, 4.69) is 6.92 Å². The topological polar surface area (TPSA) is 54.4 Å². The first-order chi connectivity index (χ1) is 7.56. The van der Waals surface area contributed by atoms with Crippen molar-refractivity contribution in [2.24, 2.45) is 0 Å². The van der Waals surface area contributed by atoms with Crippen molar-refractivity contribution in [2.75, 3.05) is 0 Å². The average molecular weight is 296 g/mol. The summed E-state index contributed by atoms with van der Waals surface area (Å²) in [5.41, 5.74) is 0. The first-order valence-electron chi connectivity index (χ1n) is 6.20. The normalized spacial score (nSPS) is 11.0. The van der Waals surface area contributed by atoms with Crippen LogP contribution in [-0.4, -0.2) is 13.0 Å². The van der Waals surface area contributed by atoms with Gasteiger partial charge in [0, 0.05) is 0 Å². The minimum absolute atomic E-state index is 0. The molecule has 1 N–H and O–H groups in total. The molecule has 0 saturated carbocycles. The average Bonchev–Trinajstić information content (AvgIpc) is 2.19. The van der Waals surface area contributed by atoms with Crippen molar-refractivity contribution in [1.29, 1.82) is 0 Å². The molecule has 0 amide bonds. The van der Waals surface area contributed by atoms with E-state index in [1.54, 1.807) is 0 Å². The van der Waals surface area contributed by atoms with Crippen molar-refractivity contribution in [3.63, 3.8) is 0 Å². The maximum absolute atomic E-state index is 10.3. The fourth-order valence-corrected chi connectivity index (χ4v) is 1.96. The second-order valence-electron chi connectivity index (χ2n) is 4.15. The molecule has 0 unspecified atom stereocenters. The number of rotatable bonds is 10. The Bertz CT molecular complexity index is 286. The van der Waals surface area contributed by atoms with Crippen LogP contribution < -0.4 is 59.1 Å². The Morgan fingerprint density at radius 3 is 1.83 bits per heavy atom. The molecule has 6 heteroatoms. The molecular formula is C12H26Na2O3S. The summed E-state index contributed by atoms with van der Waals surface area (Å²) in [4.78, 5) is 0. The van der Waals surface area contributed by atoms with Crippen LogP contribution >= 0.6 is 0 Å². The van der Waals surface area contributed by atoms with E-state index in [1.165, 1.54) is 44.6 Å². The molecule has 3 nitrogen and oxygen atoms in total. The standard InChI is InChI=1S/C12H24O3S.2Na.2H/c1-2-3-4-5-6-7-8-9-10-11-12-16(13,14)15;;;;/h11-12H,2-10H2,1H3,(H,13,14,15);;;;/q;2*+1;2*-1. The molecule has 0 aliphatic heterocycles. The quantitative estimate of drug-likeness (QED) is 0.293. The van der Waals surface area contributed by atoms with Crippen LogP contribution in [0.3, 0.4) is 0 Å². The second-order valence-corrected chi connectivity index (χ2v) is 5.45. The maximum atomic E-state index is 10.3. The van der Waals surface area contributed by atoms with E-state index in [4.69, 9.17) is 4.55 Å². The Morgan fingerprint density at radius 2 is 1.39 bits per heavy atom. The van der Waals surface area contributed by atoms with Crippen LogP contribution in [0.1, 0.15) is 67.6 Å². The Morgan fingerprint density at radius 1 is 0.944 bits per heavy atom. The zero-order valence-electron chi connectivity index (χ0n) is 14.2. The molecule has 0 radical (unpaired) electrons. The SMILES string of the molecule is CCCCCCCCCCC=CS(=O)(=O)O.[H-].[H-].[Na+].[Na+]. The molecule has 0 spiro atoms. The predicted molar refractivity (Wildman–Crippen MR) is 70.1 cm³/mol. The summed E-state index contributed by atoms with van der Waals surface area (Å²) in [5.74, 6) is 0. The van der Waals surface area contributed by atoms with Gasteiger partial charge in [-0.2, -0.15) is 8.42 Å². The first kappa shape index (κ1) is 24.7. The largest absolute Gasteiger partial charge is 1.00 e. The van der Waals surface area contributed by atoms with Crippen molar-refractivity contribution >= 4 is 10.1 Å². The van der Waals surface area contributed by atoms with Crippen LogP contribution in [0.4, 0.5) is 0 Å². The van der Waals surface area contributed by atoms with Crippen LogP contribution in [-0.2, 0) is 10.1 Å². The van der Waals surface area contributed by atoms with E-state index in [9.17, 15) is 8.42 Å². The number of unbranched alkanes of at least 4 members (excludes halogenated alkanes) is 8. The van der Waals surface area contributed by atoms with Crippen molar-refractivity contribution in [2.45, 2.75) is 64.7 Å². The molecule has 0 aromatic heterocycles. The summed E-state index contributed by atoms with van der Waals surface area (Å²) in [7, 11) is -3.91. The van der Waals surface area contributed by atoms with E-state index in [1.807, 2.05) is 0 Å². The van der Waals surface area contributed by atoms with Crippen LogP contribution in [0.2, 0.25) is 0 Å². The van der Waals surface area contributed by atoms with Gasteiger partial charge in [-0.1, -0.05) is 57.9 Å². The predicted octanol–water partition coefficient (Wildman–Crippen LogP) is -1.85. The third kappa shape index (κ3) is 22.8. The van der Waals surface area contributed by atoms with Gasteiger partial charge in [0.2, 0.25) is 0 Å². The third-order valence-electron chi connectivity index (χ3n) is 2.49. The summed E-state index contributed by atoms with van der Waals surface area (Å²) in [6.07, 6.45) is 12.2. The fourth-order valence-electron chi connectivity index (χ4n) is 1.59. The van der Waals surface area contributed by atoms with Crippen LogP contribution in [0.5, 0.6) is 0 Å². The van der Waals surface area contributed by atoms with E-state index < -0.39 is 10.1 Å². The summed E-state index contributed by atoms with van der Waals surface area (Å²) in [5, 5.41) is 0.869. The van der Waals surface area contributed by atoms with Crippen LogP contribution in [0.25, 0.3) is 0 Å². The molecule has 0 aliphatic carbocycles. The Kier molecular flexibility index (Phi) is 22.9. The monoisotopic (exact) mass is 296 g/mol. The van der Waals surface area contributed by atoms with Gasteiger partial charge in [0.1, 0.15) is 0 Å². The van der Waals surface area contributed by atoms with Gasteiger partial charge in [-0.25, -0.2) is 0 Å². The molecule has 18 heavy (non-hydrogen) atoms. The second kappa shape index (κ2) is 16.7. The van der Waals surface area contributed by atoms with Gasteiger partial charge in [0.15, 0.2) is 0 Å². The van der Waals surface area contributed by atoms with Gasteiger partial charge < -0.3 is 2.85 Å². The summed E-state index contributed by atoms with van der Waals surface area (Å²) in [6, 6.07) is 0. The molecule has 0 aromatic carbocycles. The van der Waals surface area contributed by atoms with Crippen LogP contribution in [0.15, 0.2) is 11.5 Å². The Balaban J connectivity index is -0.000000187. The summed E-state index contributed by atoms with van der Waals surface area (Å²) in [6.45, 7) is 2.21. The zero-order valence-corrected chi connectivity index (χ0v) is 17.0. The number of hydrogen-bond acceptors (Lipinski definition) is 2. The molecule has 0 heterocycles.